The van der Waals surface area contributed by atoms with Gasteiger partial charge in [0.05, 0.1) is 0 Å². The molecule has 0 amide bonds. The Kier molecular flexibility index (Phi) is 5.04. The van der Waals surface area contributed by atoms with Gasteiger partial charge in [0.1, 0.15) is 11.6 Å². The van der Waals surface area contributed by atoms with E-state index in [-0.39, 0.29) is 0 Å². The highest BCUT2D eigenvalue weighted by atomic mass is 35.5. The second-order valence-electron chi connectivity index (χ2n) is 6.93. The maximum absolute atomic E-state index is 6.15. The minimum absolute atomic E-state index is 0.571. The lowest BCUT2D eigenvalue weighted by Gasteiger charge is -2.29. The van der Waals surface area contributed by atoms with E-state index < -0.39 is 0 Å². The van der Waals surface area contributed by atoms with Gasteiger partial charge in [0, 0.05) is 41.4 Å². The molecule has 2 aromatic carbocycles. The third-order valence-corrected chi connectivity index (χ3v) is 5.34. The van der Waals surface area contributed by atoms with Crippen LogP contribution in [0, 0.1) is 6.92 Å². The highest BCUT2D eigenvalue weighted by Gasteiger charge is 2.18. The zero-order chi connectivity index (χ0) is 19.0. The molecule has 4 nitrogen and oxygen atoms in total. The first kappa shape index (κ1) is 18.2. The molecule has 1 aliphatic heterocycles. The fourth-order valence-electron chi connectivity index (χ4n) is 3.52. The highest BCUT2D eigenvalue weighted by Crippen LogP contribution is 2.30. The van der Waals surface area contributed by atoms with Gasteiger partial charge in [-0.15, -0.1) is 0 Å². The van der Waals surface area contributed by atoms with Crippen LogP contribution in [0.25, 0.3) is 11.1 Å². The number of nitrogens with zero attached hydrogens (tertiary/aromatic N) is 3. The van der Waals surface area contributed by atoms with E-state index in [0.29, 0.717) is 21.7 Å². The van der Waals surface area contributed by atoms with Crippen LogP contribution >= 0.6 is 23.2 Å². The summed E-state index contributed by atoms with van der Waals surface area (Å²) in [4.78, 5) is 10.9. The molecule has 0 fully saturated rings. The first-order valence-corrected chi connectivity index (χ1v) is 9.62. The van der Waals surface area contributed by atoms with Gasteiger partial charge >= 0.3 is 0 Å². The molecule has 1 aromatic heterocycles. The predicted octanol–water partition coefficient (Wildman–Crippen LogP) is 4.90. The van der Waals surface area contributed by atoms with Gasteiger partial charge in [-0.05, 0) is 53.8 Å². The van der Waals surface area contributed by atoms with Crippen molar-refractivity contribution in [1.82, 2.24) is 14.9 Å². The number of hydrogen-bond donors (Lipinski definition) is 1. The van der Waals surface area contributed by atoms with Crippen LogP contribution in [0.15, 0.2) is 42.6 Å². The molecule has 6 heteroatoms. The summed E-state index contributed by atoms with van der Waals surface area (Å²) in [5.41, 5.74) is 11.9. The van der Waals surface area contributed by atoms with Crippen LogP contribution < -0.4 is 5.73 Å². The van der Waals surface area contributed by atoms with Gasteiger partial charge in [-0.1, -0.05) is 41.4 Å². The number of hydrogen-bond acceptors (Lipinski definition) is 4. The maximum Gasteiger partial charge on any atom is 0.131 e. The number of anilines is 1. The molecule has 27 heavy (non-hydrogen) atoms. The summed E-state index contributed by atoms with van der Waals surface area (Å²) in [6.07, 6.45) is 2.82. The summed E-state index contributed by atoms with van der Waals surface area (Å²) in [5, 5.41) is 1.30. The Balaban J connectivity index is 1.54. The lowest BCUT2D eigenvalue weighted by Crippen LogP contribution is -2.30. The molecule has 2 N–H and O–H groups in total. The Hall–Kier alpha value is -2.14. The molecule has 1 aliphatic rings. The smallest absolute Gasteiger partial charge is 0.131 e. The predicted molar refractivity (Wildman–Crippen MR) is 111 cm³/mol. The van der Waals surface area contributed by atoms with E-state index in [4.69, 9.17) is 28.9 Å². The number of nitrogens with two attached hydrogens (primary N) is 1. The van der Waals surface area contributed by atoms with E-state index in [1.54, 1.807) is 6.07 Å². The van der Waals surface area contributed by atoms with Crippen molar-refractivity contribution in [2.24, 2.45) is 0 Å². The number of halogens is 2. The van der Waals surface area contributed by atoms with Gasteiger partial charge in [-0.25, -0.2) is 9.97 Å². The quantitative estimate of drug-likeness (QED) is 0.681. The Morgan fingerprint density at radius 1 is 1.04 bits per heavy atom. The second-order valence-corrected chi connectivity index (χ2v) is 7.80. The summed E-state index contributed by atoms with van der Waals surface area (Å²) in [7, 11) is 0. The molecule has 0 atom stereocenters. The number of benzene rings is 2. The van der Waals surface area contributed by atoms with Crippen molar-refractivity contribution in [2.75, 3.05) is 12.3 Å². The monoisotopic (exact) mass is 398 g/mol. The number of aromatic nitrogens is 2. The van der Waals surface area contributed by atoms with E-state index in [2.05, 4.69) is 33.1 Å². The van der Waals surface area contributed by atoms with Crippen molar-refractivity contribution in [1.29, 1.82) is 0 Å². The molecule has 138 valence electrons. The standard InChI is InChI=1S/C21H20Cl2N4/c1-13-25-10-18(21(24)26-13)12-27-5-4-15-6-14(2-3-16(15)11-27)17-7-19(22)9-20(23)8-17/h2-3,6-10H,4-5,11-12H2,1H3,(H2,24,25,26). The zero-order valence-corrected chi connectivity index (χ0v) is 16.6. The van der Waals surface area contributed by atoms with E-state index in [1.807, 2.05) is 25.3 Å². The van der Waals surface area contributed by atoms with Crippen molar-refractivity contribution in [3.8, 4) is 11.1 Å². The van der Waals surface area contributed by atoms with Crippen LogP contribution in [-0.4, -0.2) is 21.4 Å². The molecule has 0 bridgehead atoms. The topological polar surface area (TPSA) is 55.0 Å². The normalized spacial score (nSPS) is 14.2. The Morgan fingerprint density at radius 3 is 2.56 bits per heavy atom. The minimum atomic E-state index is 0.571. The van der Waals surface area contributed by atoms with Crippen molar-refractivity contribution in [2.45, 2.75) is 26.4 Å². The van der Waals surface area contributed by atoms with E-state index in [9.17, 15) is 0 Å². The minimum Gasteiger partial charge on any atom is -0.383 e. The van der Waals surface area contributed by atoms with Crippen LogP contribution in [0.5, 0.6) is 0 Å². The summed E-state index contributed by atoms with van der Waals surface area (Å²) >= 11 is 12.3. The van der Waals surface area contributed by atoms with Crippen LogP contribution in [0.4, 0.5) is 5.82 Å². The summed E-state index contributed by atoms with van der Waals surface area (Å²) < 4.78 is 0. The van der Waals surface area contributed by atoms with Gasteiger partial charge in [0.15, 0.2) is 0 Å². The Labute approximate surface area is 169 Å². The maximum atomic E-state index is 6.15. The lowest BCUT2D eigenvalue weighted by molar-refractivity contribution is 0.245. The molecule has 3 aromatic rings. The van der Waals surface area contributed by atoms with E-state index in [1.165, 1.54) is 11.1 Å². The van der Waals surface area contributed by atoms with Crippen LogP contribution in [0.1, 0.15) is 22.5 Å². The zero-order valence-electron chi connectivity index (χ0n) is 15.0. The van der Waals surface area contributed by atoms with Crippen molar-refractivity contribution in [3.63, 3.8) is 0 Å². The van der Waals surface area contributed by atoms with Crippen molar-refractivity contribution < 1.29 is 0 Å². The Morgan fingerprint density at radius 2 is 1.81 bits per heavy atom. The van der Waals surface area contributed by atoms with Crippen molar-refractivity contribution in [3.05, 3.63) is 75.2 Å². The second kappa shape index (κ2) is 7.47. The molecule has 2 heterocycles. The third kappa shape index (κ3) is 4.08. The number of rotatable bonds is 3. The van der Waals surface area contributed by atoms with E-state index in [0.717, 1.165) is 42.7 Å². The van der Waals surface area contributed by atoms with Crippen LogP contribution in [0.3, 0.4) is 0 Å². The molecule has 0 saturated carbocycles. The average molecular weight is 399 g/mol. The molecule has 0 aliphatic carbocycles. The fraction of sp³-hybridized carbons (Fsp3) is 0.238. The van der Waals surface area contributed by atoms with Gasteiger partial charge in [0.2, 0.25) is 0 Å². The van der Waals surface area contributed by atoms with E-state index >= 15 is 0 Å². The number of fused-ring (bicyclic) bond motifs is 1. The van der Waals surface area contributed by atoms with Gasteiger partial charge < -0.3 is 5.73 Å². The van der Waals surface area contributed by atoms with Crippen LogP contribution in [0.2, 0.25) is 10.0 Å². The molecule has 4 rings (SSSR count). The lowest BCUT2D eigenvalue weighted by atomic mass is 9.94. The van der Waals surface area contributed by atoms with Crippen molar-refractivity contribution >= 4 is 29.0 Å². The molecular formula is C21H20Cl2N4. The highest BCUT2D eigenvalue weighted by molar-refractivity contribution is 6.35. The first-order valence-electron chi connectivity index (χ1n) is 8.86. The summed E-state index contributed by atoms with van der Waals surface area (Å²) in [6.45, 7) is 4.47. The molecule has 0 unspecified atom stereocenters. The number of aryl methyl sites for hydroxylation is 1. The largest absolute Gasteiger partial charge is 0.383 e. The summed E-state index contributed by atoms with van der Waals surface area (Å²) in [6, 6.07) is 12.2. The SMILES string of the molecule is Cc1ncc(CN2CCc3cc(-c4cc(Cl)cc(Cl)c4)ccc3C2)c(N)n1. The molecular weight excluding hydrogens is 379 g/mol. The fourth-order valence-corrected chi connectivity index (χ4v) is 4.05. The number of nitrogen functional groups attached to an aromatic ring is 1. The average Bonchev–Trinajstić information content (AvgIpc) is 2.63. The van der Waals surface area contributed by atoms with Gasteiger partial charge in [0.25, 0.3) is 0 Å². The molecule has 0 saturated heterocycles. The Bertz CT molecular complexity index is 983. The molecule has 0 radical (unpaired) electrons. The summed E-state index contributed by atoms with van der Waals surface area (Å²) in [5.74, 6) is 1.27. The first-order chi connectivity index (χ1) is 13.0. The molecule has 0 spiro atoms. The third-order valence-electron chi connectivity index (χ3n) is 4.91. The van der Waals surface area contributed by atoms with Gasteiger partial charge in [-0.3, -0.25) is 4.90 Å². The van der Waals surface area contributed by atoms with Crippen LogP contribution in [-0.2, 0) is 19.5 Å². The van der Waals surface area contributed by atoms with Gasteiger partial charge in [-0.2, -0.15) is 0 Å².